The topological polar surface area (TPSA) is 77.1 Å². The summed E-state index contributed by atoms with van der Waals surface area (Å²) in [4.78, 5) is 28.9. The highest BCUT2D eigenvalue weighted by Gasteiger charge is 2.41. The average molecular weight is 465 g/mol. The van der Waals surface area contributed by atoms with Crippen LogP contribution >= 0.6 is 11.3 Å². The number of nitrogens with one attached hydrogen (secondary N) is 1. The van der Waals surface area contributed by atoms with Gasteiger partial charge in [0, 0.05) is 16.6 Å². The Morgan fingerprint density at radius 1 is 0.879 bits per heavy atom. The number of nitrogens with zero attached hydrogens (tertiary/aromatic N) is 1. The first-order chi connectivity index (χ1) is 16.1. The Kier molecular flexibility index (Phi) is 6.65. The zero-order valence-electron chi connectivity index (χ0n) is 18.6. The molecule has 1 N–H and O–H groups in total. The molecule has 2 aromatic carbocycles. The molecule has 170 valence electrons. The van der Waals surface area contributed by atoms with Gasteiger partial charge in [-0.05, 0) is 49.6 Å². The SMILES string of the molecule is CCOc1ccc(NC2=C(c3cccs3)C(=O)N(c3ccccc3OC)C2=O)cc1OCC. The van der Waals surface area contributed by atoms with Crippen molar-refractivity contribution in [2.75, 3.05) is 30.5 Å². The summed E-state index contributed by atoms with van der Waals surface area (Å²) in [5.74, 6) is 0.735. The molecule has 1 aliphatic rings. The first-order valence-electron chi connectivity index (χ1n) is 10.6. The van der Waals surface area contributed by atoms with Gasteiger partial charge in [-0.15, -0.1) is 11.3 Å². The van der Waals surface area contributed by atoms with Gasteiger partial charge in [0.05, 0.1) is 31.6 Å². The van der Waals surface area contributed by atoms with Crippen molar-refractivity contribution in [2.45, 2.75) is 13.8 Å². The lowest BCUT2D eigenvalue weighted by Crippen LogP contribution is -2.32. The Hall–Kier alpha value is -3.78. The highest BCUT2D eigenvalue weighted by molar-refractivity contribution is 7.11. The minimum atomic E-state index is -0.459. The van der Waals surface area contributed by atoms with Crippen LogP contribution in [-0.4, -0.2) is 32.1 Å². The van der Waals surface area contributed by atoms with Gasteiger partial charge < -0.3 is 19.5 Å². The lowest BCUT2D eigenvalue weighted by atomic mass is 10.1. The van der Waals surface area contributed by atoms with Crippen LogP contribution in [0, 0.1) is 0 Å². The van der Waals surface area contributed by atoms with E-state index in [1.54, 1.807) is 42.5 Å². The maximum Gasteiger partial charge on any atom is 0.282 e. The first kappa shape index (κ1) is 22.4. The van der Waals surface area contributed by atoms with E-state index in [1.165, 1.54) is 18.4 Å². The Balaban J connectivity index is 1.77. The number of rotatable bonds is 9. The fraction of sp³-hybridized carbons (Fsp3) is 0.200. The minimum Gasteiger partial charge on any atom is -0.495 e. The number of para-hydroxylation sites is 2. The number of hydrogen-bond donors (Lipinski definition) is 1. The van der Waals surface area contributed by atoms with Gasteiger partial charge in [0.15, 0.2) is 11.5 Å². The van der Waals surface area contributed by atoms with Gasteiger partial charge in [-0.3, -0.25) is 9.59 Å². The van der Waals surface area contributed by atoms with Crippen molar-refractivity contribution in [3.63, 3.8) is 0 Å². The van der Waals surface area contributed by atoms with Crippen LogP contribution in [0.25, 0.3) is 5.57 Å². The van der Waals surface area contributed by atoms with Crippen molar-refractivity contribution in [3.05, 3.63) is 70.6 Å². The Labute approximate surface area is 196 Å². The molecule has 2 amide bonds. The zero-order valence-corrected chi connectivity index (χ0v) is 19.4. The Morgan fingerprint density at radius 2 is 1.64 bits per heavy atom. The second-order valence-corrected chi connectivity index (χ2v) is 7.95. The smallest absolute Gasteiger partial charge is 0.282 e. The van der Waals surface area contributed by atoms with Crippen LogP contribution in [0.4, 0.5) is 11.4 Å². The number of imide groups is 1. The molecule has 33 heavy (non-hydrogen) atoms. The summed E-state index contributed by atoms with van der Waals surface area (Å²) in [5, 5.41) is 5.03. The van der Waals surface area contributed by atoms with E-state index >= 15 is 0 Å². The number of carbonyl (C=O) groups is 2. The number of benzene rings is 2. The zero-order chi connectivity index (χ0) is 23.4. The van der Waals surface area contributed by atoms with Crippen LogP contribution in [0.3, 0.4) is 0 Å². The molecule has 0 radical (unpaired) electrons. The monoisotopic (exact) mass is 464 g/mol. The maximum atomic E-state index is 13.6. The van der Waals surface area contributed by atoms with E-state index in [1.807, 2.05) is 31.4 Å². The highest BCUT2D eigenvalue weighted by Crippen LogP contribution is 2.39. The predicted molar refractivity (Wildman–Crippen MR) is 129 cm³/mol. The number of hydrogen-bond acceptors (Lipinski definition) is 7. The van der Waals surface area contributed by atoms with Crippen molar-refractivity contribution in [1.82, 2.24) is 0 Å². The lowest BCUT2D eigenvalue weighted by Gasteiger charge is -2.18. The summed E-state index contributed by atoms with van der Waals surface area (Å²) in [6, 6.07) is 15.9. The van der Waals surface area contributed by atoms with Gasteiger partial charge in [0.1, 0.15) is 11.4 Å². The molecule has 0 fully saturated rings. The molecule has 0 saturated heterocycles. The molecule has 0 atom stereocenters. The number of amides is 2. The molecule has 8 heteroatoms. The number of ether oxygens (including phenoxy) is 3. The van der Waals surface area contributed by atoms with E-state index < -0.39 is 11.8 Å². The molecule has 2 heterocycles. The quantitative estimate of drug-likeness (QED) is 0.452. The normalized spacial score (nSPS) is 13.5. The van der Waals surface area contributed by atoms with E-state index in [-0.39, 0.29) is 5.70 Å². The third kappa shape index (κ3) is 4.29. The van der Waals surface area contributed by atoms with Crippen molar-refractivity contribution in [1.29, 1.82) is 0 Å². The van der Waals surface area contributed by atoms with Crippen molar-refractivity contribution in [3.8, 4) is 17.2 Å². The maximum absolute atomic E-state index is 13.6. The molecule has 3 aromatic rings. The van der Waals surface area contributed by atoms with E-state index in [9.17, 15) is 9.59 Å². The molecule has 0 saturated carbocycles. The van der Waals surface area contributed by atoms with E-state index in [2.05, 4.69) is 5.32 Å². The first-order valence-corrected chi connectivity index (χ1v) is 11.4. The van der Waals surface area contributed by atoms with E-state index in [4.69, 9.17) is 14.2 Å². The summed E-state index contributed by atoms with van der Waals surface area (Å²) >= 11 is 1.39. The summed E-state index contributed by atoms with van der Waals surface area (Å²) in [6.45, 7) is 4.75. The average Bonchev–Trinajstić information content (AvgIpc) is 3.42. The minimum absolute atomic E-state index is 0.194. The molecule has 0 bridgehead atoms. The van der Waals surface area contributed by atoms with Crippen LogP contribution in [-0.2, 0) is 9.59 Å². The van der Waals surface area contributed by atoms with Gasteiger partial charge in [0.25, 0.3) is 11.8 Å². The molecule has 0 unspecified atom stereocenters. The van der Waals surface area contributed by atoms with Crippen LogP contribution < -0.4 is 24.4 Å². The van der Waals surface area contributed by atoms with Gasteiger partial charge in [-0.1, -0.05) is 18.2 Å². The molecular weight excluding hydrogens is 440 g/mol. The van der Waals surface area contributed by atoms with Gasteiger partial charge in [0.2, 0.25) is 0 Å². The van der Waals surface area contributed by atoms with E-state index in [0.29, 0.717) is 52.3 Å². The number of methoxy groups -OCH3 is 1. The van der Waals surface area contributed by atoms with Crippen molar-refractivity contribution in [2.24, 2.45) is 0 Å². The molecule has 1 aliphatic heterocycles. The van der Waals surface area contributed by atoms with Crippen LogP contribution in [0.1, 0.15) is 18.7 Å². The summed E-state index contributed by atoms with van der Waals surface area (Å²) in [7, 11) is 1.51. The standard InChI is InChI=1S/C25H24N2O5S/c1-4-31-19-13-12-16(15-20(19)32-5-2)26-23-22(21-11-8-14-33-21)24(28)27(25(23)29)17-9-6-7-10-18(17)30-3/h6-15,26H,4-5H2,1-3H3. The lowest BCUT2D eigenvalue weighted by molar-refractivity contribution is -0.120. The summed E-state index contributed by atoms with van der Waals surface area (Å²) in [6.07, 6.45) is 0. The Bertz CT molecular complexity index is 1200. The number of anilines is 2. The van der Waals surface area contributed by atoms with Crippen molar-refractivity contribution >= 4 is 40.1 Å². The van der Waals surface area contributed by atoms with Crippen LogP contribution in [0.5, 0.6) is 17.2 Å². The third-order valence-corrected chi connectivity index (χ3v) is 5.88. The molecular formula is C25H24N2O5S. The van der Waals surface area contributed by atoms with Crippen molar-refractivity contribution < 1.29 is 23.8 Å². The van der Waals surface area contributed by atoms with Gasteiger partial charge in [-0.2, -0.15) is 0 Å². The largest absolute Gasteiger partial charge is 0.495 e. The highest BCUT2D eigenvalue weighted by atomic mass is 32.1. The second-order valence-electron chi connectivity index (χ2n) is 7.00. The van der Waals surface area contributed by atoms with Gasteiger partial charge in [-0.25, -0.2) is 4.90 Å². The van der Waals surface area contributed by atoms with Crippen LogP contribution in [0.15, 0.2) is 65.7 Å². The number of carbonyl (C=O) groups excluding carboxylic acids is 2. The fourth-order valence-corrected chi connectivity index (χ4v) is 4.37. The predicted octanol–water partition coefficient (Wildman–Crippen LogP) is 4.95. The molecule has 1 aromatic heterocycles. The van der Waals surface area contributed by atoms with Crippen LogP contribution in [0.2, 0.25) is 0 Å². The molecule has 0 spiro atoms. The summed E-state index contributed by atoms with van der Waals surface area (Å²) in [5.41, 5.74) is 1.50. The van der Waals surface area contributed by atoms with Gasteiger partial charge >= 0.3 is 0 Å². The van der Waals surface area contributed by atoms with E-state index in [0.717, 1.165) is 4.90 Å². The number of thiophene rings is 1. The molecule has 0 aliphatic carbocycles. The Morgan fingerprint density at radius 3 is 2.33 bits per heavy atom. The fourth-order valence-electron chi connectivity index (χ4n) is 3.60. The molecule has 7 nitrogen and oxygen atoms in total. The third-order valence-electron chi connectivity index (χ3n) is 4.99. The summed E-state index contributed by atoms with van der Waals surface area (Å²) < 4.78 is 16.7. The molecule has 4 rings (SSSR count). The second kappa shape index (κ2) is 9.79.